The molecule has 0 aliphatic heterocycles. The number of nitrogens with one attached hydrogen (secondary N) is 2. The second kappa shape index (κ2) is 7.75. The van der Waals surface area contributed by atoms with Crippen molar-refractivity contribution in [3.8, 4) is 5.75 Å². The molecule has 0 aliphatic carbocycles. The molecule has 0 saturated heterocycles. The smallest absolute Gasteiger partial charge is 0.329 e. The molecule has 3 N–H and O–H groups in total. The summed E-state index contributed by atoms with van der Waals surface area (Å²) in [5.41, 5.74) is 2.85. The van der Waals surface area contributed by atoms with Crippen molar-refractivity contribution >= 4 is 51.2 Å². The van der Waals surface area contributed by atoms with Crippen LogP contribution in [0.3, 0.4) is 0 Å². The van der Waals surface area contributed by atoms with E-state index in [1.807, 2.05) is 0 Å². The highest BCUT2D eigenvalue weighted by Crippen LogP contribution is 2.19. The zero-order valence-electron chi connectivity index (χ0n) is 11.6. The van der Waals surface area contributed by atoms with Gasteiger partial charge in [0.15, 0.2) is 0 Å². The predicted octanol–water partition coefficient (Wildman–Crippen LogP) is 2.90. The van der Waals surface area contributed by atoms with Gasteiger partial charge in [0, 0.05) is 20.7 Å². The molecule has 23 heavy (non-hydrogen) atoms. The summed E-state index contributed by atoms with van der Waals surface area (Å²) in [6.07, 6.45) is 1.19. The van der Waals surface area contributed by atoms with Gasteiger partial charge in [-0.05, 0) is 42.5 Å². The van der Waals surface area contributed by atoms with Crippen molar-refractivity contribution in [3.05, 3.63) is 57.5 Å². The summed E-state index contributed by atoms with van der Waals surface area (Å²) in [5, 5.41) is 16.0. The molecule has 0 unspecified atom stereocenters. The fourth-order valence-corrected chi connectivity index (χ4v) is 2.01. The number of anilines is 1. The number of carbonyl (C=O) groups excluding carboxylic acids is 2. The number of phenols is 1. The molecule has 0 atom stereocenters. The van der Waals surface area contributed by atoms with Gasteiger partial charge in [-0.25, -0.2) is 5.43 Å². The van der Waals surface area contributed by atoms with Gasteiger partial charge in [-0.2, -0.15) is 5.10 Å². The van der Waals surface area contributed by atoms with Gasteiger partial charge >= 0.3 is 11.8 Å². The minimum atomic E-state index is -0.939. The summed E-state index contributed by atoms with van der Waals surface area (Å²) >= 11 is 9.05. The topological polar surface area (TPSA) is 90.8 Å². The Bertz CT molecular complexity index is 763. The molecule has 0 aliphatic rings. The van der Waals surface area contributed by atoms with E-state index >= 15 is 0 Å². The second-order valence-electron chi connectivity index (χ2n) is 4.36. The first-order chi connectivity index (χ1) is 11.0. The van der Waals surface area contributed by atoms with E-state index in [4.69, 9.17) is 11.6 Å². The maximum Gasteiger partial charge on any atom is 0.329 e. The van der Waals surface area contributed by atoms with Crippen LogP contribution in [0.1, 0.15) is 5.56 Å². The Balaban J connectivity index is 1.93. The highest BCUT2D eigenvalue weighted by Gasteiger charge is 2.12. The minimum Gasteiger partial charge on any atom is -0.507 e. The van der Waals surface area contributed by atoms with Crippen molar-refractivity contribution in [1.29, 1.82) is 0 Å². The van der Waals surface area contributed by atoms with Gasteiger partial charge in [0.05, 0.1) is 6.21 Å². The molecule has 0 fully saturated rings. The fraction of sp³-hybridized carbons (Fsp3) is 0. The number of aromatic hydroxyl groups is 1. The van der Waals surface area contributed by atoms with Gasteiger partial charge in [-0.3, -0.25) is 9.59 Å². The second-order valence-corrected chi connectivity index (χ2v) is 5.72. The predicted molar refractivity (Wildman–Crippen MR) is 91.6 cm³/mol. The van der Waals surface area contributed by atoms with Crippen molar-refractivity contribution in [2.75, 3.05) is 5.32 Å². The lowest BCUT2D eigenvalue weighted by Gasteiger charge is -2.04. The first-order valence-electron chi connectivity index (χ1n) is 6.34. The molecule has 2 aromatic carbocycles. The SMILES string of the molecule is O=C(N/N=C/c1cc(Cl)ccc1O)C(=O)Nc1ccc(Br)cc1. The Kier molecular flexibility index (Phi) is 5.72. The molecule has 2 aromatic rings. The fourth-order valence-electron chi connectivity index (χ4n) is 1.56. The molecule has 0 bridgehead atoms. The molecule has 2 amide bonds. The molecule has 0 radical (unpaired) electrons. The number of rotatable bonds is 3. The van der Waals surface area contributed by atoms with Crippen LogP contribution in [0, 0.1) is 0 Å². The van der Waals surface area contributed by atoms with Crippen molar-refractivity contribution < 1.29 is 14.7 Å². The van der Waals surface area contributed by atoms with E-state index in [1.165, 1.54) is 24.4 Å². The normalized spacial score (nSPS) is 10.5. The van der Waals surface area contributed by atoms with Crippen LogP contribution in [0.2, 0.25) is 5.02 Å². The lowest BCUT2D eigenvalue weighted by atomic mass is 10.2. The van der Waals surface area contributed by atoms with Crippen LogP contribution in [0.5, 0.6) is 5.75 Å². The van der Waals surface area contributed by atoms with Gasteiger partial charge in [0.1, 0.15) is 5.75 Å². The summed E-state index contributed by atoms with van der Waals surface area (Å²) in [4.78, 5) is 23.3. The minimum absolute atomic E-state index is 0.0493. The number of carbonyl (C=O) groups is 2. The summed E-state index contributed by atoms with van der Waals surface area (Å²) in [5.74, 6) is -1.85. The molecular formula is C15H11BrClN3O3. The molecule has 2 rings (SSSR count). The average molecular weight is 397 g/mol. The van der Waals surface area contributed by atoms with Gasteiger partial charge < -0.3 is 10.4 Å². The van der Waals surface area contributed by atoms with Crippen molar-refractivity contribution in [3.63, 3.8) is 0 Å². The Labute approximate surface area is 145 Å². The Hall–Kier alpha value is -2.38. The van der Waals surface area contributed by atoms with E-state index in [0.29, 0.717) is 16.3 Å². The Morgan fingerprint density at radius 1 is 1.13 bits per heavy atom. The zero-order valence-corrected chi connectivity index (χ0v) is 13.9. The highest BCUT2D eigenvalue weighted by atomic mass is 79.9. The van der Waals surface area contributed by atoms with Gasteiger partial charge in [-0.1, -0.05) is 27.5 Å². The standard InChI is InChI=1S/C15H11BrClN3O3/c16-10-1-4-12(5-2-10)19-14(22)15(23)20-18-8-9-7-11(17)3-6-13(9)21/h1-8,21H,(H,19,22)(H,20,23)/b18-8+. The van der Waals surface area contributed by atoms with Gasteiger partial charge in [0.2, 0.25) is 0 Å². The Morgan fingerprint density at radius 3 is 2.52 bits per heavy atom. The maximum absolute atomic E-state index is 11.7. The number of nitrogens with zero attached hydrogens (tertiary/aromatic N) is 1. The molecule has 0 saturated carbocycles. The van der Waals surface area contributed by atoms with E-state index in [2.05, 4.69) is 31.8 Å². The van der Waals surface area contributed by atoms with Crippen LogP contribution in [-0.4, -0.2) is 23.1 Å². The number of hydrazone groups is 1. The summed E-state index contributed by atoms with van der Waals surface area (Å²) in [6, 6.07) is 11.1. The number of hydrogen-bond donors (Lipinski definition) is 3. The van der Waals surface area contributed by atoms with E-state index in [1.54, 1.807) is 24.3 Å². The van der Waals surface area contributed by atoms with Crippen molar-refractivity contribution in [2.24, 2.45) is 5.10 Å². The third-order valence-corrected chi connectivity index (χ3v) is 3.43. The third kappa shape index (κ3) is 5.08. The van der Waals surface area contributed by atoms with Crippen LogP contribution in [-0.2, 0) is 9.59 Å². The van der Waals surface area contributed by atoms with E-state index in [9.17, 15) is 14.7 Å². The number of amides is 2. The number of phenolic OH excluding ortho intramolecular Hbond substituents is 1. The summed E-state index contributed by atoms with van der Waals surface area (Å²) in [7, 11) is 0. The van der Waals surface area contributed by atoms with Crippen LogP contribution in [0.25, 0.3) is 0 Å². The molecule has 0 aromatic heterocycles. The lowest BCUT2D eigenvalue weighted by molar-refractivity contribution is -0.136. The molecule has 118 valence electrons. The van der Waals surface area contributed by atoms with Crippen molar-refractivity contribution in [1.82, 2.24) is 5.43 Å². The van der Waals surface area contributed by atoms with Crippen LogP contribution >= 0.6 is 27.5 Å². The first-order valence-corrected chi connectivity index (χ1v) is 7.51. The number of halogens is 2. The number of hydrogen-bond acceptors (Lipinski definition) is 4. The molecule has 6 nitrogen and oxygen atoms in total. The van der Waals surface area contributed by atoms with E-state index < -0.39 is 11.8 Å². The summed E-state index contributed by atoms with van der Waals surface area (Å²) in [6.45, 7) is 0. The largest absolute Gasteiger partial charge is 0.507 e. The maximum atomic E-state index is 11.7. The van der Waals surface area contributed by atoms with Crippen LogP contribution < -0.4 is 10.7 Å². The van der Waals surface area contributed by atoms with Gasteiger partial charge in [0.25, 0.3) is 0 Å². The molecule has 0 spiro atoms. The van der Waals surface area contributed by atoms with Crippen LogP contribution in [0.4, 0.5) is 5.69 Å². The zero-order chi connectivity index (χ0) is 16.8. The summed E-state index contributed by atoms with van der Waals surface area (Å²) < 4.78 is 0.853. The van der Waals surface area contributed by atoms with Gasteiger partial charge in [-0.15, -0.1) is 0 Å². The molecule has 8 heteroatoms. The Morgan fingerprint density at radius 2 is 1.83 bits per heavy atom. The van der Waals surface area contributed by atoms with Crippen molar-refractivity contribution in [2.45, 2.75) is 0 Å². The third-order valence-electron chi connectivity index (χ3n) is 2.67. The highest BCUT2D eigenvalue weighted by molar-refractivity contribution is 9.10. The average Bonchev–Trinajstić information content (AvgIpc) is 2.52. The van der Waals surface area contributed by atoms with E-state index in [0.717, 1.165) is 4.47 Å². The quantitative estimate of drug-likeness (QED) is 0.423. The van der Waals surface area contributed by atoms with E-state index in [-0.39, 0.29) is 5.75 Å². The number of benzene rings is 2. The van der Waals surface area contributed by atoms with Crippen LogP contribution in [0.15, 0.2) is 52.0 Å². The molecular weight excluding hydrogens is 386 g/mol. The first kappa shape index (κ1) is 17.0. The molecule has 0 heterocycles. The lowest BCUT2D eigenvalue weighted by Crippen LogP contribution is -2.32. The monoisotopic (exact) mass is 395 g/mol.